The molecule has 5 nitrogen and oxygen atoms in total. The Labute approximate surface area is 132 Å². The monoisotopic (exact) mass is 346 g/mol. The van der Waals surface area contributed by atoms with Gasteiger partial charge in [-0.15, -0.1) is 0 Å². The van der Waals surface area contributed by atoms with Gasteiger partial charge in [-0.3, -0.25) is 4.18 Å². The Bertz CT molecular complexity index is 746. The van der Waals surface area contributed by atoms with E-state index in [0.717, 1.165) is 5.56 Å². The number of benzene rings is 1. The molecule has 0 aliphatic carbocycles. The molecule has 0 N–H and O–H groups in total. The molecule has 0 unspecified atom stereocenters. The number of aryl methyl sites for hydroxylation is 1. The molecular weight excluding hydrogens is 324 g/mol. The van der Waals surface area contributed by atoms with Crippen LogP contribution in [-0.2, 0) is 24.1 Å². The zero-order valence-electron chi connectivity index (χ0n) is 13.2. The molecule has 2 rings (SSSR count). The molecule has 7 heteroatoms. The van der Waals surface area contributed by atoms with Crippen molar-refractivity contribution < 1.29 is 21.0 Å². The lowest BCUT2D eigenvalue weighted by Gasteiger charge is -2.46. The Morgan fingerprint density at radius 2 is 1.82 bits per heavy atom. The van der Waals surface area contributed by atoms with Crippen LogP contribution in [0, 0.1) is 18.8 Å². The Hall–Kier alpha value is -0.920. The van der Waals surface area contributed by atoms with E-state index in [9.17, 15) is 16.8 Å². The minimum absolute atomic E-state index is 0.0141. The second-order valence-electron chi connectivity index (χ2n) is 6.52. The quantitative estimate of drug-likeness (QED) is 0.764. The molecule has 1 aliphatic rings. The van der Waals surface area contributed by atoms with E-state index in [1.807, 2.05) is 13.8 Å². The second kappa shape index (κ2) is 5.62. The maximum absolute atomic E-state index is 12.1. The van der Waals surface area contributed by atoms with Crippen LogP contribution in [0.5, 0.6) is 0 Å². The van der Waals surface area contributed by atoms with Crippen LogP contribution < -0.4 is 0 Å². The Balaban J connectivity index is 2.02. The van der Waals surface area contributed by atoms with Crippen LogP contribution in [0.2, 0.25) is 0 Å². The average Bonchev–Trinajstić information content (AvgIpc) is 2.43. The lowest BCUT2D eigenvalue weighted by molar-refractivity contribution is 0.184. The highest BCUT2D eigenvalue weighted by atomic mass is 32.2. The SMILES string of the molecule is Cc1ccc(S(=O)(=O)OC[C@H](C)[C@H]2CS(=O)(=O)C2(C)C)cc1. The molecule has 124 valence electrons. The Morgan fingerprint density at radius 1 is 1.27 bits per heavy atom. The van der Waals surface area contributed by atoms with Crippen LogP contribution in [0.1, 0.15) is 26.3 Å². The molecule has 0 bridgehead atoms. The minimum Gasteiger partial charge on any atom is -0.266 e. The van der Waals surface area contributed by atoms with Gasteiger partial charge in [-0.05, 0) is 44.7 Å². The van der Waals surface area contributed by atoms with Crippen LogP contribution in [0.25, 0.3) is 0 Å². The lowest BCUT2D eigenvalue weighted by atomic mass is 9.84. The summed E-state index contributed by atoms with van der Waals surface area (Å²) in [7, 11) is -6.87. The molecule has 2 atom stereocenters. The molecule has 1 aromatic carbocycles. The zero-order chi connectivity index (χ0) is 16.8. The minimum atomic E-state index is -3.81. The molecule has 0 saturated carbocycles. The first-order valence-electron chi connectivity index (χ1n) is 7.16. The predicted molar refractivity (Wildman–Crippen MR) is 84.8 cm³/mol. The summed E-state index contributed by atoms with van der Waals surface area (Å²) >= 11 is 0. The van der Waals surface area contributed by atoms with E-state index in [1.54, 1.807) is 26.0 Å². The summed E-state index contributed by atoms with van der Waals surface area (Å²) in [5, 5.41) is 0. The van der Waals surface area contributed by atoms with Gasteiger partial charge in [0.1, 0.15) is 0 Å². The van der Waals surface area contributed by atoms with E-state index in [2.05, 4.69) is 0 Å². The Kier molecular flexibility index (Phi) is 4.45. The molecule has 1 heterocycles. The van der Waals surface area contributed by atoms with Crippen LogP contribution in [0.4, 0.5) is 0 Å². The van der Waals surface area contributed by atoms with Crippen molar-refractivity contribution in [3.8, 4) is 0 Å². The van der Waals surface area contributed by atoms with Crippen LogP contribution in [0.15, 0.2) is 29.2 Å². The summed E-state index contributed by atoms with van der Waals surface area (Å²) in [5.74, 6) is -0.153. The first-order valence-corrected chi connectivity index (χ1v) is 10.2. The average molecular weight is 346 g/mol. The first-order chi connectivity index (χ1) is 9.97. The maximum atomic E-state index is 12.1. The fraction of sp³-hybridized carbons (Fsp3) is 0.600. The van der Waals surface area contributed by atoms with Crippen molar-refractivity contribution in [2.45, 2.75) is 37.3 Å². The summed E-state index contributed by atoms with van der Waals surface area (Å²) in [6.45, 7) is 7.05. The summed E-state index contributed by atoms with van der Waals surface area (Å²) in [6, 6.07) is 6.43. The van der Waals surface area contributed by atoms with Gasteiger partial charge in [-0.1, -0.05) is 24.6 Å². The molecular formula is C15H22O5S2. The molecule has 1 aliphatic heterocycles. The fourth-order valence-electron chi connectivity index (χ4n) is 2.72. The van der Waals surface area contributed by atoms with Crippen molar-refractivity contribution in [3.05, 3.63) is 29.8 Å². The first kappa shape index (κ1) is 17.4. The summed E-state index contributed by atoms with van der Waals surface area (Å²) in [4.78, 5) is 0.116. The van der Waals surface area contributed by atoms with Gasteiger partial charge in [0.25, 0.3) is 10.1 Å². The molecule has 1 saturated heterocycles. The van der Waals surface area contributed by atoms with Crippen molar-refractivity contribution in [1.29, 1.82) is 0 Å². The van der Waals surface area contributed by atoms with Crippen molar-refractivity contribution in [3.63, 3.8) is 0 Å². The molecule has 0 radical (unpaired) electrons. The fourth-order valence-corrected chi connectivity index (χ4v) is 5.84. The normalized spacial score (nSPS) is 24.5. The largest absolute Gasteiger partial charge is 0.296 e. The molecule has 1 fully saturated rings. The molecule has 0 aromatic heterocycles. The number of hydrogen-bond donors (Lipinski definition) is 0. The van der Waals surface area contributed by atoms with Crippen LogP contribution in [0.3, 0.4) is 0 Å². The van der Waals surface area contributed by atoms with Gasteiger partial charge in [0.05, 0.1) is 22.0 Å². The van der Waals surface area contributed by atoms with Crippen molar-refractivity contribution in [2.24, 2.45) is 11.8 Å². The number of rotatable bonds is 5. The van der Waals surface area contributed by atoms with Crippen LogP contribution in [-0.4, -0.2) is 33.9 Å². The third-order valence-corrected chi connectivity index (χ3v) is 8.58. The van der Waals surface area contributed by atoms with Gasteiger partial charge < -0.3 is 0 Å². The number of hydrogen-bond acceptors (Lipinski definition) is 5. The van der Waals surface area contributed by atoms with E-state index in [-0.39, 0.29) is 29.1 Å². The van der Waals surface area contributed by atoms with Gasteiger partial charge in [0.15, 0.2) is 9.84 Å². The standard InChI is InChI=1S/C15H22O5S2/c1-11-5-7-13(8-6-11)22(18,19)20-9-12(2)14-10-21(16,17)15(14,3)4/h5-8,12,14H,9-10H2,1-4H3/t12-,14+/m0/s1. The van der Waals surface area contributed by atoms with E-state index in [0.29, 0.717) is 0 Å². The third kappa shape index (κ3) is 3.07. The maximum Gasteiger partial charge on any atom is 0.296 e. The summed E-state index contributed by atoms with van der Waals surface area (Å²) < 4.78 is 52.0. The van der Waals surface area contributed by atoms with Crippen LogP contribution >= 0.6 is 0 Å². The topological polar surface area (TPSA) is 77.5 Å². The van der Waals surface area contributed by atoms with Crippen molar-refractivity contribution in [1.82, 2.24) is 0 Å². The molecule has 22 heavy (non-hydrogen) atoms. The second-order valence-corrected chi connectivity index (χ2v) is 10.8. The highest BCUT2D eigenvalue weighted by Crippen LogP contribution is 2.43. The van der Waals surface area contributed by atoms with Gasteiger partial charge in [-0.2, -0.15) is 8.42 Å². The summed E-state index contributed by atoms with van der Waals surface area (Å²) in [6.07, 6.45) is 0. The van der Waals surface area contributed by atoms with Crippen molar-refractivity contribution >= 4 is 20.0 Å². The van der Waals surface area contributed by atoms with E-state index >= 15 is 0 Å². The molecule has 1 aromatic rings. The van der Waals surface area contributed by atoms with Gasteiger partial charge in [0.2, 0.25) is 0 Å². The Morgan fingerprint density at radius 3 is 2.27 bits per heavy atom. The zero-order valence-corrected chi connectivity index (χ0v) is 14.9. The van der Waals surface area contributed by atoms with E-state index in [1.165, 1.54) is 12.1 Å². The molecule has 0 spiro atoms. The van der Waals surface area contributed by atoms with Crippen molar-refractivity contribution in [2.75, 3.05) is 12.4 Å². The third-order valence-electron chi connectivity index (χ3n) is 4.58. The lowest BCUT2D eigenvalue weighted by Crippen LogP contribution is -2.58. The molecule has 0 amide bonds. The smallest absolute Gasteiger partial charge is 0.266 e. The van der Waals surface area contributed by atoms with Gasteiger partial charge in [0, 0.05) is 0 Å². The van der Waals surface area contributed by atoms with Gasteiger partial charge in [-0.25, -0.2) is 8.42 Å². The highest BCUT2D eigenvalue weighted by Gasteiger charge is 2.55. The van der Waals surface area contributed by atoms with E-state index in [4.69, 9.17) is 4.18 Å². The highest BCUT2D eigenvalue weighted by molar-refractivity contribution is 7.94. The predicted octanol–water partition coefficient (Wildman–Crippen LogP) is 2.16. The summed E-state index contributed by atoms with van der Waals surface area (Å²) in [5.41, 5.74) is 0.966. The number of sulfone groups is 1. The van der Waals surface area contributed by atoms with E-state index < -0.39 is 24.7 Å². The van der Waals surface area contributed by atoms with Gasteiger partial charge >= 0.3 is 0 Å².